The molecule has 0 heterocycles. The van der Waals surface area contributed by atoms with Crippen molar-refractivity contribution < 1.29 is 19.1 Å². The summed E-state index contributed by atoms with van der Waals surface area (Å²) in [6, 6.07) is 0.252. The minimum atomic E-state index is -0.174. The molecule has 180 valence electrons. The lowest BCUT2D eigenvalue weighted by Crippen LogP contribution is -2.43. The topological polar surface area (TPSA) is 76.7 Å². The highest BCUT2D eigenvalue weighted by molar-refractivity contribution is 5.76. The van der Waals surface area contributed by atoms with Gasteiger partial charge in [-0.2, -0.15) is 0 Å². The maximum Gasteiger partial charge on any atom is 0.323 e. The minimum Gasteiger partial charge on any atom is -0.462 e. The van der Waals surface area contributed by atoms with Crippen LogP contribution < -0.4 is 10.6 Å². The van der Waals surface area contributed by atoms with E-state index in [-0.39, 0.29) is 36.2 Å². The van der Waals surface area contributed by atoms with E-state index < -0.39 is 0 Å². The third kappa shape index (κ3) is 18.9. The van der Waals surface area contributed by atoms with Gasteiger partial charge < -0.3 is 20.1 Å². The largest absolute Gasteiger partial charge is 0.462 e. The van der Waals surface area contributed by atoms with Crippen LogP contribution >= 0.6 is 0 Å². The molecule has 0 aliphatic rings. The van der Waals surface area contributed by atoms with Crippen LogP contribution in [0.2, 0.25) is 0 Å². The van der Waals surface area contributed by atoms with Crippen molar-refractivity contribution in [3.8, 4) is 0 Å². The Hall–Kier alpha value is -1.14. The third-order valence-corrected chi connectivity index (χ3v) is 3.76. The Bertz CT molecular complexity index is 398. The first-order chi connectivity index (χ1) is 13.6. The van der Waals surface area contributed by atoms with Gasteiger partial charge in [-0.1, -0.05) is 55.4 Å². The SMILES string of the molecule is CC(C)C[C@@H](NC(C)C)C(=O)OC(C)C.CC(C)C[C@H](NC(C)C)C(=O)OC(C)C. The number of rotatable bonds is 12. The van der Waals surface area contributed by atoms with Crippen molar-refractivity contribution in [2.45, 2.75) is 132 Å². The van der Waals surface area contributed by atoms with Crippen molar-refractivity contribution in [2.75, 3.05) is 0 Å². The maximum absolute atomic E-state index is 11.7. The van der Waals surface area contributed by atoms with E-state index in [4.69, 9.17) is 9.47 Å². The van der Waals surface area contributed by atoms with Crippen LogP contribution in [0.4, 0.5) is 0 Å². The van der Waals surface area contributed by atoms with Gasteiger partial charge in [0.25, 0.3) is 0 Å². The van der Waals surface area contributed by atoms with Gasteiger partial charge in [-0.3, -0.25) is 9.59 Å². The van der Waals surface area contributed by atoms with Gasteiger partial charge in [0.1, 0.15) is 12.1 Å². The summed E-state index contributed by atoms with van der Waals surface area (Å²) in [6.07, 6.45) is 1.57. The van der Waals surface area contributed by atoms with Gasteiger partial charge in [0.2, 0.25) is 0 Å². The number of nitrogens with one attached hydrogen (secondary N) is 2. The average molecular weight is 431 g/mol. The van der Waals surface area contributed by atoms with Crippen LogP contribution in [-0.4, -0.2) is 48.3 Å². The van der Waals surface area contributed by atoms with Gasteiger partial charge >= 0.3 is 11.9 Å². The smallest absolute Gasteiger partial charge is 0.323 e. The van der Waals surface area contributed by atoms with Crippen LogP contribution in [0.5, 0.6) is 0 Å². The molecule has 0 radical (unpaired) electrons. The van der Waals surface area contributed by atoms with E-state index in [9.17, 15) is 9.59 Å². The van der Waals surface area contributed by atoms with E-state index in [1.54, 1.807) is 0 Å². The summed E-state index contributed by atoms with van der Waals surface area (Å²) in [5.74, 6) is 0.710. The molecular weight excluding hydrogens is 380 g/mol. The number of carbonyl (C=O) groups excluding carboxylic acids is 2. The van der Waals surface area contributed by atoms with E-state index in [2.05, 4.69) is 38.3 Å². The highest BCUT2D eigenvalue weighted by Crippen LogP contribution is 2.09. The lowest BCUT2D eigenvalue weighted by atomic mass is 10.0. The molecule has 30 heavy (non-hydrogen) atoms. The zero-order valence-corrected chi connectivity index (χ0v) is 21.7. The first-order valence-corrected chi connectivity index (χ1v) is 11.6. The Morgan fingerprint density at radius 2 is 0.833 bits per heavy atom. The molecule has 0 spiro atoms. The zero-order valence-electron chi connectivity index (χ0n) is 21.7. The monoisotopic (exact) mass is 430 g/mol. The molecule has 0 amide bonds. The summed E-state index contributed by atoms with van der Waals surface area (Å²) < 4.78 is 10.4. The fraction of sp³-hybridized carbons (Fsp3) is 0.917. The zero-order chi connectivity index (χ0) is 24.0. The number of hydrogen-bond donors (Lipinski definition) is 2. The van der Waals surface area contributed by atoms with E-state index in [1.807, 2.05) is 55.4 Å². The van der Waals surface area contributed by atoms with Crippen molar-refractivity contribution in [3.63, 3.8) is 0 Å². The first kappa shape index (κ1) is 31.0. The molecule has 0 aromatic carbocycles. The molecule has 0 aliphatic carbocycles. The molecule has 0 fully saturated rings. The number of hydrogen-bond acceptors (Lipinski definition) is 6. The predicted molar refractivity (Wildman–Crippen MR) is 125 cm³/mol. The van der Waals surface area contributed by atoms with Gasteiger partial charge in [-0.05, 0) is 52.4 Å². The van der Waals surface area contributed by atoms with Crippen LogP contribution in [0.3, 0.4) is 0 Å². The van der Waals surface area contributed by atoms with Crippen molar-refractivity contribution in [2.24, 2.45) is 11.8 Å². The molecule has 0 aromatic rings. The van der Waals surface area contributed by atoms with Crippen LogP contribution in [0.1, 0.15) is 95.9 Å². The van der Waals surface area contributed by atoms with Gasteiger partial charge in [0.05, 0.1) is 12.2 Å². The molecule has 2 atom stereocenters. The quantitative estimate of drug-likeness (QED) is 0.437. The second kappa shape index (κ2) is 16.5. The lowest BCUT2D eigenvalue weighted by Gasteiger charge is -2.22. The molecule has 6 heteroatoms. The molecule has 0 aliphatic heterocycles. The van der Waals surface area contributed by atoms with Crippen LogP contribution in [-0.2, 0) is 19.1 Å². The normalized spacial score (nSPS) is 13.7. The van der Waals surface area contributed by atoms with Crippen molar-refractivity contribution in [1.29, 1.82) is 0 Å². The Labute approximate surface area is 186 Å². The summed E-state index contributed by atoms with van der Waals surface area (Å²) in [6.45, 7) is 24.1. The predicted octanol–water partition coefficient (Wildman–Crippen LogP) is 4.70. The maximum atomic E-state index is 11.7. The standard InChI is InChI=1S/2C12H25NO2/c2*1-8(2)7-11(13-9(3)4)12(14)15-10(5)6/h2*8-11,13H,7H2,1-6H3/t2*11-/m10/s1. The summed E-state index contributed by atoms with van der Waals surface area (Å²) in [5, 5.41) is 6.48. The van der Waals surface area contributed by atoms with Crippen LogP contribution in [0.15, 0.2) is 0 Å². The fourth-order valence-corrected chi connectivity index (χ4v) is 2.84. The van der Waals surface area contributed by atoms with E-state index >= 15 is 0 Å². The number of esters is 2. The third-order valence-electron chi connectivity index (χ3n) is 3.76. The second-order valence-corrected chi connectivity index (χ2v) is 9.98. The minimum absolute atomic E-state index is 0.0406. The van der Waals surface area contributed by atoms with E-state index in [0.717, 1.165) is 12.8 Å². The lowest BCUT2D eigenvalue weighted by molar-refractivity contribution is -0.151. The molecule has 0 unspecified atom stereocenters. The molecule has 0 saturated heterocycles. The Morgan fingerprint density at radius 3 is 1.00 bits per heavy atom. The van der Waals surface area contributed by atoms with E-state index in [0.29, 0.717) is 23.9 Å². The van der Waals surface area contributed by atoms with Crippen molar-refractivity contribution in [3.05, 3.63) is 0 Å². The van der Waals surface area contributed by atoms with Gasteiger partial charge in [-0.15, -0.1) is 0 Å². The Balaban J connectivity index is 0. The summed E-state index contributed by atoms with van der Waals surface area (Å²) in [7, 11) is 0. The van der Waals surface area contributed by atoms with Crippen LogP contribution in [0, 0.1) is 11.8 Å². The Morgan fingerprint density at radius 1 is 0.567 bits per heavy atom. The van der Waals surface area contributed by atoms with Crippen LogP contribution in [0.25, 0.3) is 0 Å². The molecule has 0 bridgehead atoms. The molecular formula is C24H50N2O4. The van der Waals surface area contributed by atoms with Gasteiger partial charge in [0.15, 0.2) is 0 Å². The summed E-state index contributed by atoms with van der Waals surface area (Å²) >= 11 is 0. The summed E-state index contributed by atoms with van der Waals surface area (Å²) in [4.78, 5) is 23.5. The fourth-order valence-electron chi connectivity index (χ4n) is 2.84. The molecule has 0 saturated carbocycles. The number of ether oxygens (including phenoxy) is 2. The van der Waals surface area contributed by atoms with Crippen molar-refractivity contribution in [1.82, 2.24) is 10.6 Å². The highest BCUT2D eigenvalue weighted by Gasteiger charge is 2.23. The highest BCUT2D eigenvalue weighted by atomic mass is 16.5. The number of carbonyl (C=O) groups is 2. The molecule has 6 nitrogen and oxygen atoms in total. The van der Waals surface area contributed by atoms with Crippen molar-refractivity contribution >= 4 is 11.9 Å². The average Bonchev–Trinajstić information content (AvgIpc) is 2.51. The first-order valence-electron chi connectivity index (χ1n) is 11.6. The molecule has 0 aromatic heterocycles. The van der Waals surface area contributed by atoms with Gasteiger partial charge in [-0.25, -0.2) is 0 Å². The summed E-state index contributed by atoms with van der Waals surface area (Å²) in [5.41, 5.74) is 0. The molecule has 2 N–H and O–H groups in total. The van der Waals surface area contributed by atoms with E-state index in [1.165, 1.54) is 0 Å². The second-order valence-electron chi connectivity index (χ2n) is 9.98. The molecule has 0 rings (SSSR count). The Kier molecular flexibility index (Phi) is 17.1. The van der Waals surface area contributed by atoms with Gasteiger partial charge in [0, 0.05) is 12.1 Å².